The van der Waals surface area contributed by atoms with Crippen LogP contribution in [0.3, 0.4) is 0 Å². The topological polar surface area (TPSA) is 116 Å². The van der Waals surface area contributed by atoms with Gasteiger partial charge in [0.1, 0.15) is 11.3 Å². The van der Waals surface area contributed by atoms with Gasteiger partial charge in [-0.1, -0.05) is 24.9 Å². The van der Waals surface area contributed by atoms with Crippen molar-refractivity contribution in [3.05, 3.63) is 56.0 Å². The van der Waals surface area contributed by atoms with Gasteiger partial charge in [-0.05, 0) is 55.7 Å². The number of halogens is 1. The molecule has 3 aromatic heterocycles. The molecule has 0 spiro atoms. The van der Waals surface area contributed by atoms with Crippen LogP contribution in [0, 0.1) is 6.92 Å². The van der Waals surface area contributed by atoms with E-state index in [2.05, 4.69) is 32.3 Å². The molecule has 0 unspecified atom stereocenters. The zero-order valence-electron chi connectivity index (χ0n) is 18.1. The third-order valence-corrected chi connectivity index (χ3v) is 5.51. The van der Waals surface area contributed by atoms with E-state index in [0.29, 0.717) is 60.3 Å². The van der Waals surface area contributed by atoms with Gasteiger partial charge < -0.3 is 4.98 Å². The van der Waals surface area contributed by atoms with E-state index in [1.54, 1.807) is 23.6 Å². The molecule has 168 valence electrons. The summed E-state index contributed by atoms with van der Waals surface area (Å²) >= 11 is 5.91. The summed E-state index contributed by atoms with van der Waals surface area (Å²) in [7, 11) is 0. The first kappa shape index (κ1) is 21.9. The van der Waals surface area contributed by atoms with E-state index in [4.69, 9.17) is 11.6 Å². The number of hydrogen-bond acceptors (Lipinski definition) is 6. The summed E-state index contributed by atoms with van der Waals surface area (Å²) in [5.74, 6) is 1.14. The molecule has 0 aliphatic heterocycles. The van der Waals surface area contributed by atoms with Crippen molar-refractivity contribution < 1.29 is 0 Å². The number of aryl methyl sites for hydroxylation is 3. The van der Waals surface area contributed by atoms with Crippen LogP contribution in [0.5, 0.6) is 0 Å². The van der Waals surface area contributed by atoms with Crippen LogP contribution in [0.4, 0.5) is 0 Å². The summed E-state index contributed by atoms with van der Waals surface area (Å²) in [6.07, 6.45) is 3.10. The molecule has 0 saturated heterocycles. The maximum absolute atomic E-state index is 13.0. The number of aromatic amines is 1. The average molecular weight is 457 g/mol. The van der Waals surface area contributed by atoms with Gasteiger partial charge >= 0.3 is 5.69 Å². The second-order valence-corrected chi connectivity index (χ2v) is 8.12. The van der Waals surface area contributed by atoms with Crippen LogP contribution >= 0.6 is 11.6 Å². The van der Waals surface area contributed by atoms with E-state index in [-0.39, 0.29) is 11.2 Å². The molecule has 32 heavy (non-hydrogen) atoms. The van der Waals surface area contributed by atoms with Crippen molar-refractivity contribution in [3.63, 3.8) is 0 Å². The quantitative estimate of drug-likeness (QED) is 0.387. The molecular formula is C21H25ClN8O2. The molecule has 3 heterocycles. The van der Waals surface area contributed by atoms with E-state index in [1.807, 2.05) is 12.1 Å². The molecule has 0 amide bonds. The summed E-state index contributed by atoms with van der Waals surface area (Å²) in [4.78, 5) is 34.7. The SMILES string of the molecule is CCCCn1c(=O)n(CCCCn2nnc(-c3ccc(Cl)cc3)n2)c(=O)c2[nH]c(C)nc21. The van der Waals surface area contributed by atoms with E-state index >= 15 is 0 Å². The van der Waals surface area contributed by atoms with Gasteiger partial charge in [-0.3, -0.25) is 13.9 Å². The number of benzene rings is 1. The Labute approximate surface area is 188 Å². The Hall–Kier alpha value is -3.27. The summed E-state index contributed by atoms with van der Waals surface area (Å²) < 4.78 is 2.89. The van der Waals surface area contributed by atoms with E-state index in [0.717, 1.165) is 18.4 Å². The van der Waals surface area contributed by atoms with Gasteiger partial charge in [0.05, 0.1) is 6.54 Å². The lowest BCUT2D eigenvalue weighted by atomic mass is 10.2. The Morgan fingerprint density at radius 3 is 2.47 bits per heavy atom. The number of fused-ring (bicyclic) bond motifs is 1. The van der Waals surface area contributed by atoms with Crippen molar-refractivity contribution in [1.29, 1.82) is 0 Å². The number of hydrogen-bond donors (Lipinski definition) is 1. The molecule has 0 bridgehead atoms. The van der Waals surface area contributed by atoms with Crippen LogP contribution in [0.1, 0.15) is 38.4 Å². The lowest BCUT2D eigenvalue weighted by Crippen LogP contribution is -2.40. The Kier molecular flexibility index (Phi) is 6.50. The predicted octanol–water partition coefficient (Wildman–Crippen LogP) is 2.78. The number of aromatic nitrogens is 8. The highest BCUT2D eigenvalue weighted by atomic mass is 35.5. The molecule has 1 N–H and O–H groups in total. The van der Waals surface area contributed by atoms with Gasteiger partial charge in [0, 0.05) is 23.7 Å². The molecule has 0 fully saturated rings. The second-order valence-electron chi connectivity index (χ2n) is 7.69. The molecule has 1 aromatic carbocycles. The number of H-pyrrole nitrogens is 1. The van der Waals surface area contributed by atoms with Gasteiger partial charge in [-0.15, -0.1) is 10.2 Å². The van der Waals surface area contributed by atoms with Crippen LogP contribution in [0.2, 0.25) is 5.02 Å². The molecule has 4 aromatic rings. The van der Waals surface area contributed by atoms with Crippen molar-refractivity contribution >= 4 is 22.8 Å². The Morgan fingerprint density at radius 1 is 1.00 bits per heavy atom. The minimum Gasteiger partial charge on any atom is -0.336 e. The van der Waals surface area contributed by atoms with Crippen molar-refractivity contribution in [1.82, 2.24) is 39.3 Å². The van der Waals surface area contributed by atoms with Crippen LogP contribution in [-0.4, -0.2) is 39.3 Å². The highest BCUT2D eigenvalue weighted by Gasteiger charge is 2.16. The minimum absolute atomic E-state index is 0.314. The highest BCUT2D eigenvalue weighted by molar-refractivity contribution is 6.30. The van der Waals surface area contributed by atoms with Crippen LogP contribution in [-0.2, 0) is 19.6 Å². The lowest BCUT2D eigenvalue weighted by molar-refractivity contribution is 0.457. The van der Waals surface area contributed by atoms with Crippen molar-refractivity contribution in [2.45, 2.75) is 59.2 Å². The first-order valence-electron chi connectivity index (χ1n) is 10.7. The number of nitrogens with zero attached hydrogens (tertiary/aromatic N) is 7. The van der Waals surface area contributed by atoms with Crippen LogP contribution in [0.15, 0.2) is 33.9 Å². The molecule has 0 saturated carbocycles. The highest BCUT2D eigenvalue weighted by Crippen LogP contribution is 2.17. The predicted molar refractivity (Wildman–Crippen MR) is 122 cm³/mol. The fraction of sp³-hybridized carbons (Fsp3) is 0.429. The Morgan fingerprint density at radius 2 is 1.72 bits per heavy atom. The van der Waals surface area contributed by atoms with Gasteiger partial charge in [-0.25, -0.2) is 9.78 Å². The van der Waals surface area contributed by atoms with Gasteiger partial charge in [-0.2, -0.15) is 4.80 Å². The standard InChI is InChI=1S/C21H25ClN8O2/c1-3-4-11-28-19-17(23-14(2)24-19)20(31)29(21(28)32)12-5-6-13-30-26-18(25-27-30)15-7-9-16(22)10-8-15/h7-10H,3-6,11-13H2,1-2H3,(H,23,24). The monoisotopic (exact) mass is 456 g/mol. The van der Waals surface area contributed by atoms with Crippen molar-refractivity contribution in [2.24, 2.45) is 0 Å². The normalized spacial score (nSPS) is 11.5. The smallest absolute Gasteiger partial charge is 0.332 e. The third-order valence-electron chi connectivity index (χ3n) is 5.26. The van der Waals surface area contributed by atoms with Crippen LogP contribution in [0.25, 0.3) is 22.6 Å². The van der Waals surface area contributed by atoms with Gasteiger partial charge in [0.25, 0.3) is 5.56 Å². The number of tetrazole rings is 1. The summed E-state index contributed by atoms with van der Waals surface area (Å²) in [6, 6.07) is 7.24. The molecule has 0 atom stereocenters. The minimum atomic E-state index is -0.331. The van der Waals surface area contributed by atoms with E-state index in [9.17, 15) is 9.59 Å². The summed E-state index contributed by atoms with van der Waals surface area (Å²) in [5, 5.41) is 13.2. The Bertz CT molecular complexity index is 1330. The first-order chi connectivity index (χ1) is 15.5. The lowest BCUT2D eigenvalue weighted by Gasteiger charge is -2.10. The summed E-state index contributed by atoms with van der Waals surface area (Å²) in [5.41, 5.74) is 1.00. The van der Waals surface area contributed by atoms with Gasteiger partial charge in [0.15, 0.2) is 5.65 Å². The second kappa shape index (κ2) is 9.47. The zero-order valence-corrected chi connectivity index (χ0v) is 18.8. The molecule has 4 rings (SSSR count). The largest absolute Gasteiger partial charge is 0.336 e. The van der Waals surface area contributed by atoms with E-state index < -0.39 is 0 Å². The number of imidazole rings is 1. The Balaban J connectivity index is 1.45. The maximum atomic E-state index is 13.0. The molecule has 0 aliphatic rings. The first-order valence-corrected chi connectivity index (χ1v) is 11.1. The fourth-order valence-electron chi connectivity index (χ4n) is 3.57. The molecule has 11 heteroatoms. The molecular weight excluding hydrogens is 432 g/mol. The third kappa shape index (κ3) is 4.50. The van der Waals surface area contributed by atoms with Crippen molar-refractivity contribution in [2.75, 3.05) is 0 Å². The fourth-order valence-corrected chi connectivity index (χ4v) is 3.70. The average Bonchev–Trinajstić information content (AvgIpc) is 3.40. The maximum Gasteiger partial charge on any atom is 0.332 e. The molecule has 0 radical (unpaired) electrons. The number of rotatable bonds is 9. The van der Waals surface area contributed by atoms with Gasteiger partial charge in [0.2, 0.25) is 5.82 Å². The summed E-state index contributed by atoms with van der Waals surface area (Å²) in [6.45, 7) is 5.22. The number of unbranched alkanes of at least 4 members (excludes halogenated alkanes) is 2. The van der Waals surface area contributed by atoms with Crippen LogP contribution < -0.4 is 11.2 Å². The molecule has 10 nitrogen and oxygen atoms in total. The van der Waals surface area contributed by atoms with E-state index in [1.165, 1.54) is 9.36 Å². The molecule has 0 aliphatic carbocycles. The van der Waals surface area contributed by atoms with Crippen molar-refractivity contribution in [3.8, 4) is 11.4 Å². The number of nitrogens with one attached hydrogen (secondary N) is 1. The zero-order chi connectivity index (χ0) is 22.7.